The van der Waals surface area contributed by atoms with Crippen LogP contribution in [0.1, 0.15) is 15.9 Å². The number of nitrogens with one attached hydrogen (secondary N) is 1. The molecule has 1 heterocycles. The van der Waals surface area contributed by atoms with Gasteiger partial charge in [0.15, 0.2) is 5.78 Å². The van der Waals surface area contributed by atoms with E-state index in [2.05, 4.69) is 16.0 Å². The number of imidazole rings is 1. The second kappa shape index (κ2) is 5.19. The van der Waals surface area contributed by atoms with E-state index in [1.165, 1.54) is 0 Å². The molecule has 0 atom stereocenters. The molecule has 0 saturated heterocycles. The number of carbonyl (C=O) groups excluding carboxylic acids is 1. The number of fused-ring (bicyclic) bond motifs is 1. The molecule has 0 saturated carbocycles. The van der Waals surface area contributed by atoms with Crippen LogP contribution in [0.5, 0.6) is 0 Å². The van der Waals surface area contributed by atoms with Gasteiger partial charge in [-0.05, 0) is 30.3 Å². The van der Waals surface area contributed by atoms with E-state index in [4.69, 9.17) is 10.4 Å². The Morgan fingerprint density at radius 2 is 2.14 bits per heavy atom. The van der Waals surface area contributed by atoms with Gasteiger partial charge in [-0.25, -0.2) is 4.98 Å². The van der Waals surface area contributed by atoms with E-state index in [0.29, 0.717) is 22.5 Å². The van der Waals surface area contributed by atoms with Crippen LogP contribution < -0.4 is 0 Å². The summed E-state index contributed by atoms with van der Waals surface area (Å²) in [5, 5.41) is 17.8. The first-order valence-corrected chi connectivity index (χ1v) is 6.35. The van der Waals surface area contributed by atoms with E-state index in [-0.39, 0.29) is 5.78 Å². The minimum Gasteiger partial charge on any atom is -0.388 e. The number of nitriles is 1. The fraction of sp³-hybridized carbons (Fsp3) is 0.0625. The van der Waals surface area contributed by atoms with Crippen molar-refractivity contribution in [2.45, 2.75) is 0 Å². The SMILES string of the molecule is N#Cc1cccc(-c2nc3ccc(C(=O)CO)cc3[nH]2)c1. The number of ketones is 1. The van der Waals surface area contributed by atoms with Crippen molar-refractivity contribution < 1.29 is 9.90 Å². The highest BCUT2D eigenvalue weighted by Crippen LogP contribution is 2.22. The second-order valence-electron chi connectivity index (χ2n) is 4.59. The first-order valence-electron chi connectivity index (χ1n) is 6.35. The van der Waals surface area contributed by atoms with Gasteiger partial charge < -0.3 is 10.1 Å². The van der Waals surface area contributed by atoms with Gasteiger partial charge in [-0.2, -0.15) is 5.26 Å². The minimum absolute atomic E-state index is 0.334. The summed E-state index contributed by atoms with van der Waals surface area (Å²) in [6, 6.07) is 14.2. The maximum atomic E-state index is 11.5. The molecule has 2 aromatic carbocycles. The number of aliphatic hydroxyl groups excluding tert-OH is 1. The largest absolute Gasteiger partial charge is 0.388 e. The molecule has 0 spiro atoms. The normalized spacial score (nSPS) is 10.5. The summed E-state index contributed by atoms with van der Waals surface area (Å²) in [5.41, 5.74) is 3.24. The number of aromatic amines is 1. The molecule has 5 nitrogen and oxygen atoms in total. The summed E-state index contributed by atoms with van der Waals surface area (Å²) < 4.78 is 0. The van der Waals surface area contributed by atoms with Gasteiger partial charge in [0.1, 0.15) is 12.4 Å². The lowest BCUT2D eigenvalue weighted by atomic mass is 10.1. The Bertz CT molecular complexity index is 875. The summed E-state index contributed by atoms with van der Waals surface area (Å²) in [6.45, 7) is -0.517. The predicted molar refractivity (Wildman–Crippen MR) is 77.7 cm³/mol. The first kappa shape index (κ1) is 13.0. The van der Waals surface area contributed by atoms with Crippen LogP contribution in [0.15, 0.2) is 42.5 Å². The van der Waals surface area contributed by atoms with E-state index in [0.717, 1.165) is 11.1 Å². The van der Waals surface area contributed by atoms with Gasteiger partial charge in [0, 0.05) is 11.1 Å². The van der Waals surface area contributed by atoms with Crippen LogP contribution in [0, 0.1) is 11.3 Å². The maximum absolute atomic E-state index is 11.5. The lowest BCUT2D eigenvalue weighted by Gasteiger charge is -1.96. The number of hydrogen-bond acceptors (Lipinski definition) is 4. The molecule has 0 aliphatic heterocycles. The summed E-state index contributed by atoms with van der Waals surface area (Å²) >= 11 is 0. The fourth-order valence-electron chi connectivity index (χ4n) is 2.15. The Morgan fingerprint density at radius 3 is 2.90 bits per heavy atom. The molecule has 0 unspecified atom stereocenters. The molecule has 3 rings (SSSR count). The molecule has 0 aliphatic rings. The highest BCUT2D eigenvalue weighted by Gasteiger charge is 2.09. The van der Waals surface area contributed by atoms with E-state index < -0.39 is 6.61 Å². The van der Waals surface area contributed by atoms with Crippen molar-refractivity contribution in [3.63, 3.8) is 0 Å². The van der Waals surface area contributed by atoms with Gasteiger partial charge in [-0.3, -0.25) is 4.79 Å². The van der Waals surface area contributed by atoms with Gasteiger partial charge in [0.05, 0.1) is 22.7 Å². The number of rotatable bonds is 3. The number of hydrogen-bond donors (Lipinski definition) is 2. The number of aromatic nitrogens is 2. The van der Waals surface area contributed by atoms with Crippen molar-refractivity contribution in [2.24, 2.45) is 0 Å². The number of carbonyl (C=O) groups is 1. The van der Waals surface area contributed by atoms with Gasteiger partial charge in [0.25, 0.3) is 0 Å². The molecular weight excluding hydrogens is 266 g/mol. The molecule has 0 amide bonds. The quantitative estimate of drug-likeness (QED) is 0.719. The number of H-pyrrole nitrogens is 1. The van der Waals surface area contributed by atoms with Crippen LogP contribution in [0.2, 0.25) is 0 Å². The summed E-state index contributed by atoms with van der Waals surface area (Å²) in [7, 11) is 0. The van der Waals surface area contributed by atoms with Gasteiger partial charge >= 0.3 is 0 Å². The Balaban J connectivity index is 2.08. The second-order valence-corrected chi connectivity index (χ2v) is 4.59. The van der Waals surface area contributed by atoms with Crippen molar-refractivity contribution in [3.8, 4) is 17.5 Å². The third kappa shape index (κ3) is 2.40. The van der Waals surface area contributed by atoms with E-state index in [1.807, 2.05) is 6.07 Å². The van der Waals surface area contributed by atoms with Crippen LogP contribution >= 0.6 is 0 Å². The third-order valence-corrected chi connectivity index (χ3v) is 3.21. The average Bonchev–Trinajstić information content (AvgIpc) is 2.97. The smallest absolute Gasteiger partial charge is 0.188 e. The number of aliphatic hydroxyl groups is 1. The number of nitrogens with zero attached hydrogens (tertiary/aromatic N) is 2. The zero-order valence-corrected chi connectivity index (χ0v) is 11.0. The van der Waals surface area contributed by atoms with Crippen LogP contribution in [0.3, 0.4) is 0 Å². The Hall–Kier alpha value is -2.97. The zero-order valence-electron chi connectivity index (χ0n) is 11.0. The molecule has 0 radical (unpaired) electrons. The minimum atomic E-state index is -0.517. The van der Waals surface area contributed by atoms with Crippen molar-refractivity contribution in [1.29, 1.82) is 5.26 Å². The van der Waals surface area contributed by atoms with Crippen molar-refractivity contribution in [3.05, 3.63) is 53.6 Å². The fourth-order valence-corrected chi connectivity index (χ4v) is 2.15. The summed E-state index contributed by atoms with van der Waals surface area (Å²) in [6.07, 6.45) is 0. The lowest BCUT2D eigenvalue weighted by Crippen LogP contribution is -2.03. The predicted octanol–water partition coefficient (Wildman–Crippen LogP) is 2.28. The molecule has 5 heteroatoms. The van der Waals surface area contributed by atoms with Crippen LogP contribution in [-0.4, -0.2) is 27.5 Å². The van der Waals surface area contributed by atoms with Crippen LogP contribution in [-0.2, 0) is 0 Å². The Labute approximate surface area is 120 Å². The van der Waals surface area contributed by atoms with Gasteiger partial charge in [-0.15, -0.1) is 0 Å². The Morgan fingerprint density at radius 1 is 1.29 bits per heavy atom. The van der Waals surface area contributed by atoms with Gasteiger partial charge in [-0.1, -0.05) is 12.1 Å². The topological polar surface area (TPSA) is 89.8 Å². The monoisotopic (exact) mass is 277 g/mol. The molecule has 21 heavy (non-hydrogen) atoms. The van der Waals surface area contributed by atoms with E-state index in [9.17, 15) is 4.79 Å². The highest BCUT2D eigenvalue weighted by atomic mass is 16.3. The summed E-state index contributed by atoms with van der Waals surface area (Å²) in [4.78, 5) is 19.1. The Kier molecular flexibility index (Phi) is 3.22. The highest BCUT2D eigenvalue weighted by molar-refractivity contribution is 5.99. The molecular formula is C16H11N3O2. The molecule has 0 fully saturated rings. The summed E-state index contributed by atoms with van der Waals surface area (Å²) in [5.74, 6) is 0.301. The van der Waals surface area contributed by atoms with Crippen LogP contribution in [0.4, 0.5) is 0 Å². The maximum Gasteiger partial charge on any atom is 0.188 e. The molecule has 0 bridgehead atoms. The van der Waals surface area contributed by atoms with E-state index in [1.54, 1.807) is 36.4 Å². The lowest BCUT2D eigenvalue weighted by molar-refractivity contribution is 0.0904. The van der Waals surface area contributed by atoms with Gasteiger partial charge in [0.2, 0.25) is 0 Å². The number of benzene rings is 2. The molecule has 102 valence electrons. The van der Waals surface area contributed by atoms with Crippen LogP contribution in [0.25, 0.3) is 22.4 Å². The standard InChI is InChI=1S/C16H11N3O2/c17-8-10-2-1-3-12(6-10)16-18-13-5-4-11(15(21)9-20)7-14(13)19-16/h1-7,20H,9H2,(H,18,19). The zero-order chi connectivity index (χ0) is 14.8. The molecule has 0 aliphatic carbocycles. The third-order valence-electron chi connectivity index (χ3n) is 3.21. The average molecular weight is 277 g/mol. The molecule has 3 aromatic rings. The van der Waals surface area contributed by atoms with Crippen molar-refractivity contribution in [2.75, 3.05) is 6.61 Å². The van der Waals surface area contributed by atoms with Crippen molar-refractivity contribution in [1.82, 2.24) is 9.97 Å². The molecule has 2 N–H and O–H groups in total. The molecule has 1 aromatic heterocycles. The van der Waals surface area contributed by atoms with E-state index >= 15 is 0 Å². The number of Topliss-reactive ketones (excluding diaryl/α,β-unsaturated/α-hetero) is 1. The van der Waals surface area contributed by atoms with Crippen molar-refractivity contribution >= 4 is 16.8 Å². The first-order chi connectivity index (χ1) is 10.2.